The molecule has 0 aromatic carbocycles. The van der Waals surface area contributed by atoms with Gasteiger partial charge in [0.25, 0.3) is 0 Å². The molecular weight excluding hydrogens is 266 g/mol. The van der Waals surface area contributed by atoms with Gasteiger partial charge in [-0.1, -0.05) is 46.0 Å². The average Bonchev–Trinajstić information content (AvgIpc) is 2.50. The molecule has 0 aliphatic heterocycles. The number of amides is 1. The number of fused-ring (bicyclic) bond motifs is 1. The molecule has 2 rings (SSSR count). The van der Waals surface area contributed by atoms with Crippen LogP contribution < -0.4 is 5.32 Å². The molecule has 2 aliphatic rings. The lowest BCUT2D eigenvalue weighted by Crippen LogP contribution is -2.48. The zero-order valence-electron chi connectivity index (χ0n) is 13.3. The number of nitrogens with one attached hydrogen (secondary N) is 1. The zero-order chi connectivity index (χ0) is 15.4. The fourth-order valence-electron chi connectivity index (χ4n) is 4.07. The van der Waals surface area contributed by atoms with Gasteiger partial charge in [0.15, 0.2) is 0 Å². The minimum atomic E-state index is -0.913. The summed E-state index contributed by atoms with van der Waals surface area (Å²) in [6.45, 7) is 3.84. The summed E-state index contributed by atoms with van der Waals surface area (Å²) in [6.07, 6.45) is 9.00. The van der Waals surface area contributed by atoms with E-state index in [0.717, 1.165) is 31.6 Å². The van der Waals surface area contributed by atoms with E-state index in [1.54, 1.807) is 0 Å². The Bertz CT molecular complexity index is 382. The zero-order valence-corrected chi connectivity index (χ0v) is 13.3. The van der Waals surface area contributed by atoms with Crippen LogP contribution in [0.3, 0.4) is 0 Å². The molecule has 0 radical (unpaired) electrons. The van der Waals surface area contributed by atoms with Crippen LogP contribution in [0.1, 0.15) is 65.2 Å². The van der Waals surface area contributed by atoms with Crippen LogP contribution in [-0.2, 0) is 9.59 Å². The van der Waals surface area contributed by atoms with Crippen molar-refractivity contribution in [2.45, 2.75) is 71.3 Å². The second kappa shape index (κ2) is 7.28. The van der Waals surface area contributed by atoms with Crippen LogP contribution in [0.4, 0.5) is 0 Å². The molecule has 0 heterocycles. The van der Waals surface area contributed by atoms with Gasteiger partial charge in [0.1, 0.15) is 6.04 Å². The van der Waals surface area contributed by atoms with Gasteiger partial charge in [0.2, 0.25) is 5.91 Å². The van der Waals surface area contributed by atoms with Gasteiger partial charge in [-0.05, 0) is 37.0 Å². The third-order valence-corrected chi connectivity index (χ3v) is 5.69. The number of hydrogen-bond donors (Lipinski definition) is 2. The summed E-state index contributed by atoms with van der Waals surface area (Å²) in [7, 11) is 0. The Morgan fingerprint density at radius 1 is 1.14 bits per heavy atom. The van der Waals surface area contributed by atoms with Gasteiger partial charge >= 0.3 is 5.97 Å². The Labute approximate surface area is 127 Å². The standard InChI is InChI=1S/C17H29NO3/c1-3-11(2)15(17(20)21)18-16(19)14-9-8-12-6-4-5-7-13(12)10-14/h11-15H,3-10H2,1-2H3,(H,18,19)(H,20,21)/t11?,12?,13?,14?,15-/m0/s1. The van der Waals surface area contributed by atoms with E-state index in [-0.39, 0.29) is 17.7 Å². The first-order valence-electron chi connectivity index (χ1n) is 8.56. The molecule has 4 nitrogen and oxygen atoms in total. The lowest BCUT2D eigenvalue weighted by Gasteiger charge is -2.39. The number of carboxylic acid groups (broad SMARTS) is 1. The largest absolute Gasteiger partial charge is 0.480 e. The molecule has 1 amide bonds. The van der Waals surface area contributed by atoms with Crippen molar-refractivity contribution in [3.8, 4) is 0 Å². The minimum Gasteiger partial charge on any atom is -0.480 e. The second-order valence-corrected chi connectivity index (χ2v) is 7.02. The third-order valence-electron chi connectivity index (χ3n) is 5.69. The molecule has 4 heteroatoms. The van der Waals surface area contributed by atoms with Gasteiger partial charge in [0, 0.05) is 5.92 Å². The molecule has 0 aromatic heterocycles. The van der Waals surface area contributed by atoms with Crippen LogP contribution in [0.25, 0.3) is 0 Å². The van der Waals surface area contributed by atoms with Crippen LogP contribution in [0.15, 0.2) is 0 Å². The van der Waals surface area contributed by atoms with Crippen molar-refractivity contribution in [1.29, 1.82) is 0 Å². The van der Waals surface area contributed by atoms with Gasteiger partial charge in [-0.3, -0.25) is 4.79 Å². The number of carbonyl (C=O) groups is 2. The van der Waals surface area contributed by atoms with Crippen LogP contribution in [-0.4, -0.2) is 23.0 Å². The molecule has 2 fully saturated rings. The van der Waals surface area contributed by atoms with Crippen molar-refractivity contribution in [3.05, 3.63) is 0 Å². The molecule has 120 valence electrons. The molecule has 0 bridgehead atoms. The van der Waals surface area contributed by atoms with Crippen molar-refractivity contribution in [2.75, 3.05) is 0 Å². The summed E-state index contributed by atoms with van der Waals surface area (Å²) < 4.78 is 0. The number of aliphatic carboxylic acids is 1. The maximum absolute atomic E-state index is 12.4. The Morgan fingerprint density at radius 3 is 2.43 bits per heavy atom. The van der Waals surface area contributed by atoms with Gasteiger partial charge in [-0.2, -0.15) is 0 Å². The van der Waals surface area contributed by atoms with E-state index in [9.17, 15) is 14.7 Å². The predicted molar refractivity (Wildman–Crippen MR) is 81.8 cm³/mol. The van der Waals surface area contributed by atoms with Crippen LogP contribution >= 0.6 is 0 Å². The first-order chi connectivity index (χ1) is 10.0. The van der Waals surface area contributed by atoms with Crippen molar-refractivity contribution in [3.63, 3.8) is 0 Å². The van der Waals surface area contributed by atoms with E-state index in [1.807, 2.05) is 13.8 Å². The summed E-state index contributed by atoms with van der Waals surface area (Å²) >= 11 is 0. The second-order valence-electron chi connectivity index (χ2n) is 7.02. The van der Waals surface area contributed by atoms with Crippen molar-refractivity contribution >= 4 is 11.9 Å². The fraction of sp³-hybridized carbons (Fsp3) is 0.882. The SMILES string of the molecule is CCC(C)[C@H](NC(=O)C1CCC2CCCCC2C1)C(=O)O. The molecule has 5 atom stereocenters. The van der Waals surface area contributed by atoms with Gasteiger partial charge in [0.05, 0.1) is 0 Å². The van der Waals surface area contributed by atoms with Crippen molar-refractivity contribution in [1.82, 2.24) is 5.32 Å². The maximum Gasteiger partial charge on any atom is 0.326 e. The molecular formula is C17H29NO3. The Balaban J connectivity index is 1.92. The number of carbonyl (C=O) groups excluding carboxylic acids is 1. The third kappa shape index (κ3) is 3.98. The molecule has 0 saturated heterocycles. The van der Waals surface area contributed by atoms with E-state index in [1.165, 1.54) is 25.7 Å². The summed E-state index contributed by atoms with van der Waals surface area (Å²) in [6, 6.07) is -0.744. The molecule has 2 N–H and O–H groups in total. The maximum atomic E-state index is 12.4. The lowest BCUT2D eigenvalue weighted by molar-refractivity contribution is -0.144. The molecule has 2 aliphatic carbocycles. The van der Waals surface area contributed by atoms with E-state index in [4.69, 9.17) is 0 Å². The van der Waals surface area contributed by atoms with Crippen molar-refractivity contribution < 1.29 is 14.7 Å². The Kier molecular flexibility index (Phi) is 5.65. The highest BCUT2D eigenvalue weighted by Crippen LogP contribution is 2.42. The summed E-state index contributed by atoms with van der Waals surface area (Å²) in [5.41, 5.74) is 0. The van der Waals surface area contributed by atoms with Crippen LogP contribution in [0.2, 0.25) is 0 Å². The summed E-state index contributed by atoms with van der Waals surface area (Å²) in [4.78, 5) is 23.8. The van der Waals surface area contributed by atoms with Gasteiger partial charge < -0.3 is 10.4 Å². The molecule has 21 heavy (non-hydrogen) atoms. The predicted octanol–water partition coefficient (Wildman–Crippen LogP) is 3.21. The smallest absolute Gasteiger partial charge is 0.326 e. The Morgan fingerprint density at radius 2 is 1.81 bits per heavy atom. The summed E-state index contributed by atoms with van der Waals surface area (Å²) in [5, 5.41) is 12.1. The highest BCUT2D eigenvalue weighted by Gasteiger charge is 2.36. The molecule has 4 unspecified atom stereocenters. The highest BCUT2D eigenvalue weighted by atomic mass is 16.4. The number of rotatable bonds is 5. The van der Waals surface area contributed by atoms with E-state index >= 15 is 0 Å². The van der Waals surface area contributed by atoms with E-state index < -0.39 is 12.0 Å². The van der Waals surface area contributed by atoms with E-state index in [2.05, 4.69) is 5.32 Å². The number of hydrogen-bond acceptors (Lipinski definition) is 2. The highest BCUT2D eigenvalue weighted by molar-refractivity contribution is 5.85. The lowest BCUT2D eigenvalue weighted by atomic mass is 9.67. The monoisotopic (exact) mass is 295 g/mol. The normalized spacial score (nSPS) is 31.8. The van der Waals surface area contributed by atoms with E-state index in [0.29, 0.717) is 5.92 Å². The summed E-state index contributed by atoms with van der Waals surface area (Å²) in [5.74, 6) is 0.547. The topological polar surface area (TPSA) is 66.4 Å². The van der Waals surface area contributed by atoms with Gasteiger partial charge in [-0.25, -0.2) is 4.79 Å². The fourth-order valence-corrected chi connectivity index (χ4v) is 4.07. The Hall–Kier alpha value is -1.06. The van der Waals surface area contributed by atoms with Crippen LogP contribution in [0.5, 0.6) is 0 Å². The molecule has 0 aromatic rings. The van der Waals surface area contributed by atoms with Crippen LogP contribution in [0, 0.1) is 23.7 Å². The minimum absolute atomic E-state index is 0.0234. The molecule has 0 spiro atoms. The average molecular weight is 295 g/mol. The molecule has 2 saturated carbocycles. The van der Waals surface area contributed by atoms with Crippen molar-refractivity contribution in [2.24, 2.45) is 23.7 Å². The number of carboxylic acids is 1. The first-order valence-corrected chi connectivity index (χ1v) is 8.56. The van der Waals surface area contributed by atoms with Gasteiger partial charge in [-0.15, -0.1) is 0 Å². The quantitative estimate of drug-likeness (QED) is 0.818. The first kappa shape index (κ1) is 16.3.